The van der Waals surface area contributed by atoms with Crippen molar-refractivity contribution in [1.82, 2.24) is 5.32 Å². The smallest absolute Gasteiger partial charge is 0.231 e. The Hall–Kier alpha value is -2.24. The molecule has 2 fully saturated rings. The molecule has 116 valence electrons. The molecule has 1 aromatic rings. The number of nitrogens with one attached hydrogen (secondary N) is 1. The molecule has 0 unspecified atom stereocenters. The number of benzene rings is 1. The highest BCUT2D eigenvalue weighted by Gasteiger charge is 2.34. The van der Waals surface area contributed by atoms with Crippen molar-refractivity contribution >= 4 is 17.5 Å². The maximum absolute atomic E-state index is 12.2. The van der Waals surface area contributed by atoms with Gasteiger partial charge in [0.25, 0.3) is 0 Å². The van der Waals surface area contributed by atoms with Crippen molar-refractivity contribution < 1.29 is 19.1 Å². The van der Waals surface area contributed by atoms with Crippen LogP contribution >= 0.6 is 0 Å². The van der Waals surface area contributed by atoms with E-state index in [0.29, 0.717) is 31.0 Å². The first kappa shape index (κ1) is 13.4. The van der Waals surface area contributed by atoms with Gasteiger partial charge >= 0.3 is 0 Å². The first-order chi connectivity index (χ1) is 10.7. The first-order valence-electron chi connectivity index (χ1n) is 7.68. The number of carbonyl (C=O) groups excluding carboxylic acids is 2. The van der Waals surface area contributed by atoms with E-state index in [1.54, 1.807) is 4.90 Å². The van der Waals surface area contributed by atoms with Crippen molar-refractivity contribution in [2.45, 2.75) is 19.3 Å². The second-order valence-corrected chi connectivity index (χ2v) is 6.13. The molecule has 2 aliphatic heterocycles. The van der Waals surface area contributed by atoms with Crippen LogP contribution in [0.2, 0.25) is 0 Å². The monoisotopic (exact) mass is 302 g/mol. The lowest BCUT2D eigenvalue weighted by molar-refractivity contribution is -0.122. The van der Waals surface area contributed by atoms with Crippen molar-refractivity contribution in [3.05, 3.63) is 18.2 Å². The van der Waals surface area contributed by atoms with Crippen LogP contribution in [0, 0.1) is 11.8 Å². The summed E-state index contributed by atoms with van der Waals surface area (Å²) in [6.45, 7) is 1.42. The molecule has 0 aromatic heterocycles. The van der Waals surface area contributed by atoms with Gasteiger partial charge in [-0.1, -0.05) is 0 Å². The average Bonchev–Trinajstić information content (AvgIpc) is 3.15. The topological polar surface area (TPSA) is 67.9 Å². The highest BCUT2D eigenvalue weighted by Crippen LogP contribution is 2.37. The number of amides is 2. The molecular formula is C16H18N2O4. The molecule has 1 N–H and O–H groups in total. The third-order valence-corrected chi connectivity index (χ3v) is 4.39. The number of fused-ring (bicyclic) bond motifs is 1. The van der Waals surface area contributed by atoms with Gasteiger partial charge in [0.1, 0.15) is 0 Å². The summed E-state index contributed by atoms with van der Waals surface area (Å²) >= 11 is 0. The number of ether oxygens (including phenoxy) is 2. The summed E-state index contributed by atoms with van der Waals surface area (Å²) < 4.78 is 10.6. The predicted octanol–water partition coefficient (Wildman–Crippen LogP) is 1.29. The highest BCUT2D eigenvalue weighted by molar-refractivity contribution is 5.96. The average molecular weight is 302 g/mol. The SMILES string of the molecule is O=C(NC[C@H]1CC(=O)N(c2ccc3c(c2)OCO3)C1)C1CC1. The molecule has 2 amide bonds. The molecule has 6 nitrogen and oxygen atoms in total. The lowest BCUT2D eigenvalue weighted by Crippen LogP contribution is -2.32. The van der Waals surface area contributed by atoms with E-state index in [9.17, 15) is 9.59 Å². The summed E-state index contributed by atoms with van der Waals surface area (Å²) in [6.07, 6.45) is 2.47. The van der Waals surface area contributed by atoms with Gasteiger partial charge in [-0.3, -0.25) is 9.59 Å². The number of hydrogen-bond acceptors (Lipinski definition) is 4. The quantitative estimate of drug-likeness (QED) is 0.910. The maximum atomic E-state index is 12.2. The molecule has 0 bridgehead atoms. The fraction of sp³-hybridized carbons (Fsp3) is 0.500. The van der Waals surface area contributed by atoms with Crippen LogP contribution in [0.5, 0.6) is 11.5 Å². The standard InChI is InChI=1S/C16H18N2O4/c19-15-5-10(7-17-16(20)11-1-2-11)8-18(15)12-3-4-13-14(6-12)22-9-21-13/h3-4,6,10-11H,1-2,5,7-9H2,(H,17,20)/t10-/m1/s1. The highest BCUT2D eigenvalue weighted by atomic mass is 16.7. The normalized spacial score (nSPS) is 23.0. The van der Waals surface area contributed by atoms with Gasteiger partial charge in [-0.05, 0) is 25.0 Å². The molecule has 1 saturated carbocycles. The van der Waals surface area contributed by atoms with Crippen LogP contribution in [-0.4, -0.2) is 31.7 Å². The van der Waals surface area contributed by atoms with Crippen LogP contribution < -0.4 is 19.7 Å². The van der Waals surface area contributed by atoms with Crippen LogP contribution in [0.4, 0.5) is 5.69 Å². The summed E-state index contributed by atoms with van der Waals surface area (Å²) in [5.41, 5.74) is 0.824. The molecule has 1 aliphatic carbocycles. The maximum Gasteiger partial charge on any atom is 0.231 e. The lowest BCUT2D eigenvalue weighted by atomic mass is 10.1. The largest absolute Gasteiger partial charge is 0.454 e. The Bertz CT molecular complexity index is 627. The summed E-state index contributed by atoms with van der Waals surface area (Å²) in [7, 11) is 0. The summed E-state index contributed by atoms with van der Waals surface area (Å²) in [6, 6.07) is 5.54. The van der Waals surface area contributed by atoms with Crippen molar-refractivity contribution in [2.75, 3.05) is 24.8 Å². The van der Waals surface area contributed by atoms with E-state index in [1.165, 1.54) is 0 Å². The Morgan fingerprint density at radius 2 is 2.09 bits per heavy atom. The van der Waals surface area contributed by atoms with Gasteiger partial charge < -0.3 is 19.7 Å². The zero-order valence-electron chi connectivity index (χ0n) is 12.2. The molecule has 2 heterocycles. The van der Waals surface area contributed by atoms with Crippen LogP contribution in [0.3, 0.4) is 0 Å². The van der Waals surface area contributed by atoms with Crippen molar-refractivity contribution in [3.8, 4) is 11.5 Å². The van der Waals surface area contributed by atoms with Gasteiger partial charge in [-0.25, -0.2) is 0 Å². The number of carbonyl (C=O) groups is 2. The molecule has 1 saturated heterocycles. The minimum absolute atomic E-state index is 0.0875. The number of anilines is 1. The van der Waals surface area contributed by atoms with Gasteiger partial charge in [-0.15, -0.1) is 0 Å². The Labute approximate surface area is 128 Å². The van der Waals surface area contributed by atoms with Crippen LogP contribution in [0.15, 0.2) is 18.2 Å². The third-order valence-electron chi connectivity index (χ3n) is 4.39. The minimum atomic E-state index is 0.0875. The Morgan fingerprint density at radius 1 is 1.27 bits per heavy atom. The fourth-order valence-electron chi connectivity index (χ4n) is 2.96. The molecule has 1 atom stereocenters. The Kier molecular flexibility index (Phi) is 3.17. The van der Waals surface area contributed by atoms with Gasteiger partial charge in [0.05, 0.1) is 0 Å². The van der Waals surface area contributed by atoms with Gasteiger partial charge in [0.2, 0.25) is 18.6 Å². The number of hydrogen-bond donors (Lipinski definition) is 1. The number of rotatable bonds is 4. The third kappa shape index (κ3) is 2.49. The fourth-order valence-corrected chi connectivity index (χ4v) is 2.96. The Morgan fingerprint density at radius 3 is 2.91 bits per heavy atom. The minimum Gasteiger partial charge on any atom is -0.454 e. The van der Waals surface area contributed by atoms with Crippen molar-refractivity contribution in [3.63, 3.8) is 0 Å². The van der Waals surface area contributed by atoms with E-state index >= 15 is 0 Å². The second-order valence-electron chi connectivity index (χ2n) is 6.13. The van der Waals surface area contributed by atoms with Crippen LogP contribution in [0.25, 0.3) is 0 Å². The molecule has 0 spiro atoms. The first-order valence-corrected chi connectivity index (χ1v) is 7.68. The second kappa shape index (κ2) is 5.19. The molecular weight excluding hydrogens is 284 g/mol. The Balaban J connectivity index is 1.40. The molecule has 6 heteroatoms. The molecule has 22 heavy (non-hydrogen) atoms. The van der Waals surface area contributed by atoms with Crippen LogP contribution in [-0.2, 0) is 9.59 Å². The number of nitrogens with zero attached hydrogens (tertiary/aromatic N) is 1. The predicted molar refractivity (Wildman–Crippen MR) is 78.8 cm³/mol. The summed E-state index contributed by atoms with van der Waals surface area (Å²) in [5, 5.41) is 2.96. The van der Waals surface area contributed by atoms with Gasteiger partial charge in [-0.2, -0.15) is 0 Å². The zero-order valence-corrected chi connectivity index (χ0v) is 12.2. The van der Waals surface area contributed by atoms with E-state index < -0.39 is 0 Å². The van der Waals surface area contributed by atoms with E-state index in [-0.39, 0.29) is 30.4 Å². The van der Waals surface area contributed by atoms with E-state index in [1.807, 2.05) is 18.2 Å². The lowest BCUT2D eigenvalue weighted by Gasteiger charge is -2.17. The molecule has 4 rings (SSSR count). The van der Waals surface area contributed by atoms with E-state index in [0.717, 1.165) is 18.5 Å². The van der Waals surface area contributed by atoms with Crippen molar-refractivity contribution in [2.24, 2.45) is 11.8 Å². The van der Waals surface area contributed by atoms with E-state index in [4.69, 9.17) is 9.47 Å². The molecule has 0 radical (unpaired) electrons. The summed E-state index contributed by atoms with van der Waals surface area (Å²) in [4.78, 5) is 25.7. The molecule has 1 aromatic carbocycles. The zero-order chi connectivity index (χ0) is 15.1. The van der Waals surface area contributed by atoms with Crippen LogP contribution in [0.1, 0.15) is 19.3 Å². The summed E-state index contributed by atoms with van der Waals surface area (Å²) in [5.74, 6) is 1.99. The molecule has 3 aliphatic rings. The van der Waals surface area contributed by atoms with Gasteiger partial charge in [0, 0.05) is 43.1 Å². The van der Waals surface area contributed by atoms with Gasteiger partial charge in [0.15, 0.2) is 11.5 Å². The van der Waals surface area contributed by atoms with E-state index in [2.05, 4.69) is 5.32 Å². The van der Waals surface area contributed by atoms with Crippen molar-refractivity contribution in [1.29, 1.82) is 0 Å².